The van der Waals surface area contributed by atoms with Gasteiger partial charge in [-0.3, -0.25) is 9.59 Å². The number of benzene rings is 1. The molecule has 2 rings (SSSR count). The zero-order valence-corrected chi connectivity index (χ0v) is 16.4. The van der Waals surface area contributed by atoms with Crippen molar-refractivity contribution >= 4 is 29.9 Å². The highest BCUT2D eigenvalue weighted by Crippen LogP contribution is 2.24. The second-order valence-electron chi connectivity index (χ2n) is 6.42. The number of hydrogen-bond donors (Lipinski definition) is 2. The van der Waals surface area contributed by atoms with Crippen molar-refractivity contribution in [2.75, 3.05) is 25.0 Å². The third-order valence-corrected chi connectivity index (χ3v) is 4.39. The van der Waals surface area contributed by atoms with E-state index in [1.807, 2.05) is 19.9 Å². The predicted molar refractivity (Wildman–Crippen MR) is 104 cm³/mol. The van der Waals surface area contributed by atoms with Crippen LogP contribution in [0, 0.1) is 5.82 Å². The summed E-state index contributed by atoms with van der Waals surface area (Å²) in [6.45, 7) is 6.86. The van der Waals surface area contributed by atoms with Gasteiger partial charge in [-0.15, -0.1) is 12.4 Å². The average molecular weight is 386 g/mol. The Kier molecular flexibility index (Phi) is 9.59. The van der Waals surface area contributed by atoms with Crippen LogP contribution in [-0.2, 0) is 22.6 Å². The molecule has 0 atom stereocenters. The van der Waals surface area contributed by atoms with Gasteiger partial charge in [0.15, 0.2) is 0 Å². The summed E-state index contributed by atoms with van der Waals surface area (Å²) in [5.74, 6) is -0.692. The molecule has 1 aliphatic heterocycles. The molecular weight excluding hydrogens is 357 g/mol. The summed E-state index contributed by atoms with van der Waals surface area (Å²) in [7, 11) is 0. The molecule has 26 heavy (non-hydrogen) atoms. The van der Waals surface area contributed by atoms with Crippen molar-refractivity contribution in [1.29, 1.82) is 0 Å². The molecule has 146 valence electrons. The first-order chi connectivity index (χ1) is 12.1. The van der Waals surface area contributed by atoms with E-state index in [0.717, 1.165) is 24.9 Å². The molecule has 0 fully saturated rings. The zero-order valence-electron chi connectivity index (χ0n) is 15.6. The fraction of sp³-hybridized carbons (Fsp3) is 0.579. The molecular formula is C19H29ClFN3O2. The minimum Gasteiger partial charge on any atom is -0.343 e. The summed E-state index contributed by atoms with van der Waals surface area (Å²) >= 11 is 0. The zero-order chi connectivity index (χ0) is 18.2. The molecule has 0 saturated carbocycles. The normalized spacial score (nSPS) is 12.7. The predicted octanol–water partition coefficient (Wildman–Crippen LogP) is 3.26. The first kappa shape index (κ1) is 22.4. The highest BCUT2D eigenvalue weighted by Gasteiger charge is 2.18. The van der Waals surface area contributed by atoms with Crippen molar-refractivity contribution in [1.82, 2.24) is 10.2 Å². The first-order valence-electron chi connectivity index (χ1n) is 9.15. The first-order valence-corrected chi connectivity index (χ1v) is 9.15. The van der Waals surface area contributed by atoms with Crippen LogP contribution in [0.3, 0.4) is 0 Å². The molecule has 1 aromatic rings. The second kappa shape index (κ2) is 11.1. The summed E-state index contributed by atoms with van der Waals surface area (Å²) in [6, 6.07) is 3.44. The Hall–Kier alpha value is -1.66. The Balaban J connectivity index is 0.00000338. The largest absolute Gasteiger partial charge is 0.343 e. The second-order valence-corrected chi connectivity index (χ2v) is 6.42. The quantitative estimate of drug-likeness (QED) is 0.722. The number of hydrogen-bond acceptors (Lipinski definition) is 3. The number of amides is 2. The van der Waals surface area contributed by atoms with E-state index < -0.39 is 0 Å². The van der Waals surface area contributed by atoms with E-state index in [-0.39, 0.29) is 48.6 Å². The fourth-order valence-corrected chi connectivity index (χ4v) is 3.12. The lowest BCUT2D eigenvalue weighted by Crippen LogP contribution is -2.33. The van der Waals surface area contributed by atoms with Crippen LogP contribution in [-0.4, -0.2) is 36.3 Å². The van der Waals surface area contributed by atoms with Crippen LogP contribution in [0.5, 0.6) is 0 Å². The molecule has 0 bridgehead atoms. The summed E-state index contributed by atoms with van der Waals surface area (Å²) in [5.41, 5.74) is 1.81. The Morgan fingerprint density at radius 1 is 1.19 bits per heavy atom. The Morgan fingerprint density at radius 2 is 1.88 bits per heavy atom. The molecule has 0 spiro atoms. The van der Waals surface area contributed by atoms with Gasteiger partial charge < -0.3 is 15.5 Å². The molecule has 7 heteroatoms. The Bertz CT molecular complexity index is 619. The third-order valence-electron chi connectivity index (χ3n) is 4.39. The molecule has 2 N–H and O–H groups in total. The van der Waals surface area contributed by atoms with E-state index in [9.17, 15) is 14.0 Å². The van der Waals surface area contributed by atoms with Gasteiger partial charge >= 0.3 is 0 Å². The minimum absolute atomic E-state index is 0. The standard InChI is InChI=1S/C19H28FN3O2.ClH/c1-3-11-23(12-4-2)18(25)8-7-17(24)22-16-6-5-14-13-21-10-9-15(14)19(16)20;/h5-6,21H,3-4,7-13H2,1-2H3,(H,22,24);1H. The Morgan fingerprint density at radius 3 is 2.54 bits per heavy atom. The van der Waals surface area contributed by atoms with Crippen molar-refractivity contribution < 1.29 is 14.0 Å². The van der Waals surface area contributed by atoms with Crippen LogP contribution in [0.25, 0.3) is 0 Å². The molecule has 5 nitrogen and oxygen atoms in total. The van der Waals surface area contributed by atoms with E-state index in [4.69, 9.17) is 0 Å². The summed E-state index contributed by atoms with van der Waals surface area (Å²) in [5, 5.41) is 5.81. The fourth-order valence-electron chi connectivity index (χ4n) is 3.12. The van der Waals surface area contributed by atoms with Crippen LogP contribution >= 0.6 is 12.4 Å². The van der Waals surface area contributed by atoms with Crippen LogP contribution in [0.15, 0.2) is 12.1 Å². The summed E-state index contributed by atoms with van der Waals surface area (Å²) in [4.78, 5) is 26.1. The number of nitrogens with zero attached hydrogens (tertiary/aromatic N) is 1. The lowest BCUT2D eigenvalue weighted by atomic mass is 9.99. The topological polar surface area (TPSA) is 61.4 Å². The van der Waals surface area contributed by atoms with Gasteiger partial charge in [0.2, 0.25) is 11.8 Å². The third kappa shape index (κ3) is 5.95. The van der Waals surface area contributed by atoms with Gasteiger partial charge in [-0.25, -0.2) is 4.39 Å². The monoisotopic (exact) mass is 385 g/mol. The molecule has 0 unspecified atom stereocenters. The van der Waals surface area contributed by atoms with Gasteiger partial charge in [0.05, 0.1) is 5.69 Å². The average Bonchev–Trinajstić information content (AvgIpc) is 2.62. The molecule has 0 aromatic heterocycles. The Labute approximate surface area is 161 Å². The van der Waals surface area contributed by atoms with E-state index >= 15 is 0 Å². The number of rotatable bonds is 8. The van der Waals surface area contributed by atoms with E-state index in [1.165, 1.54) is 0 Å². The number of halogens is 2. The molecule has 0 aliphatic carbocycles. The highest BCUT2D eigenvalue weighted by molar-refractivity contribution is 5.93. The van der Waals surface area contributed by atoms with E-state index in [2.05, 4.69) is 10.6 Å². The van der Waals surface area contributed by atoms with Crippen LogP contribution in [0.1, 0.15) is 50.7 Å². The molecule has 0 radical (unpaired) electrons. The molecule has 1 aromatic carbocycles. The van der Waals surface area contributed by atoms with Crippen molar-refractivity contribution in [2.45, 2.75) is 52.5 Å². The van der Waals surface area contributed by atoms with Crippen LogP contribution in [0.2, 0.25) is 0 Å². The van der Waals surface area contributed by atoms with Gasteiger partial charge in [0, 0.05) is 32.5 Å². The maximum Gasteiger partial charge on any atom is 0.224 e. The minimum atomic E-state index is -0.350. The number of carbonyl (C=O) groups excluding carboxylic acids is 2. The summed E-state index contributed by atoms with van der Waals surface area (Å²) < 4.78 is 14.5. The number of anilines is 1. The maximum atomic E-state index is 14.5. The molecule has 2 amide bonds. The molecule has 0 saturated heterocycles. The van der Waals surface area contributed by atoms with Crippen molar-refractivity contribution in [3.8, 4) is 0 Å². The smallest absolute Gasteiger partial charge is 0.224 e. The van der Waals surface area contributed by atoms with Gasteiger partial charge in [-0.1, -0.05) is 19.9 Å². The highest BCUT2D eigenvalue weighted by atomic mass is 35.5. The maximum absolute atomic E-state index is 14.5. The van der Waals surface area contributed by atoms with Gasteiger partial charge in [-0.05, 0) is 43.0 Å². The van der Waals surface area contributed by atoms with Gasteiger partial charge in [-0.2, -0.15) is 0 Å². The van der Waals surface area contributed by atoms with Gasteiger partial charge in [0.25, 0.3) is 0 Å². The van der Waals surface area contributed by atoms with Crippen LogP contribution < -0.4 is 10.6 Å². The van der Waals surface area contributed by atoms with Crippen LogP contribution in [0.4, 0.5) is 10.1 Å². The van der Waals surface area contributed by atoms with E-state index in [0.29, 0.717) is 31.6 Å². The lowest BCUT2D eigenvalue weighted by molar-refractivity contribution is -0.132. The summed E-state index contributed by atoms with van der Waals surface area (Å²) in [6.07, 6.45) is 2.63. The number of carbonyl (C=O) groups is 2. The van der Waals surface area contributed by atoms with E-state index in [1.54, 1.807) is 11.0 Å². The number of nitrogens with one attached hydrogen (secondary N) is 2. The molecule has 1 heterocycles. The van der Waals surface area contributed by atoms with Crippen molar-refractivity contribution in [2.24, 2.45) is 0 Å². The van der Waals surface area contributed by atoms with Gasteiger partial charge in [0.1, 0.15) is 5.82 Å². The SMILES string of the molecule is CCCN(CCC)C(=O)CCC(=O)Nc1ccc2c(c1F)CCNC2.Cl. The lowest BCUT2D eigenvalue weighted by Gasteiger charge is -2.21. The van der Waals surface area contributed by atoms with Crippen molar-refractivity contribution in [3.63, 3.8) is 0 Å². The number of fused-ring (bicyclic) bond motifs is 1. The van der Waals surface area contributed by atoms with Crippen molar-refractivity contribution in [3.05, 3.63) is 29.1 Å². The molecule has 1 aliphatic rings.